The number of nitrogens with one attached hydrogen (secondary N) is 1. The Morgan fingerprint density at radius 2 is 1.80 bits per heavy atom. The number of hydrogen-bond acceptors (Lipinski definition) is 4. The lowest BCUT2D eigenvalue weighted by Gasteiger charge is -2.37. The number of rotatable bonds is 3. The maximum Gasteiger partial charge on any atom is 0.236 e. The van der Waals surface area contributed by atoms with Gasteiger partial charge in [-0.2, -0.15) is 0 Å². The monoisotopic (exact) mass is 408 g/mol. The Morgan fingerprint density at radius 1 is 1.04 bits per heavy atom. The third-order valence-corrected chi connectivity index (χ3v) is 4.83. The van der Waals surface area contributed by atoms with Gasteiger partial charge in [0.2, 0.25) is 5.91 Å². The SMILES string of the molecule is Cl.Cl.O=C(CN1CCCNCC1)N1CCN(c2cccc(Cl)c2)CC1. The summed E-state index contributed by atoms with van der Waals surface area (Å²) in [6.45, 7) is 7.89. The Hall–Kier alpha value is -0.720. The Kier molecular flexibility index (Phi) is 9.90. The molecule has 2 aliphatic heterocycles. The van der Waals surface area contributed by atoms with E-state index in [1.54, 1.807) is 0 Å². The number of nitrogens with zero attached hydrogens (tertiary/aromatic N) is 3. The summed E-state index contributed by atoms with van der Waals surface area (Å²) >= 11 is 6.06. The van der Waals surface area contributed by atoms with E-state index in [0.717, 1.165) is 69.5 Å². The molecule has 142 valence electrons. The molecule has 0 spiro atoms. The molecule has 0 unspecified atom stereocenters. The van der Waals surface area contributed by atoms with Gasteiger partial charge in [-0.05, 0) is 37.7 Å². The molecule has 5 nitrogen and oxygen atoms in total. The van der Waals surface area contributed by atoms with E-state index in [4.69, 9.17) is 11.6 Å². The third-order valence-electron chi connectivity index (χ3n) is 4.60. The molecule has 0 aliphatic carbocycles. The van der Waals surface area contributed by atoms with Gasteiger partial charge in [0, 0.05) is 50.0 Å². The molecule has 2 saturated heterocycles. The molecule has 3 rings (SSSR count). The predicted octanol–water partition coefficient (Wildman–Crippen LogP) is 2.13. The van der Waals surface area contributed by atoms with Gasteiger partial charge < -0.3 is 15.1 Å². The molecule has 0 radical (unpaired) electrons. The first-order valence-electron chi connectivity index (χ1n) is 8.44. The molecular weight excluding hydrogens is 383 g/mol. The van der Waals surface area contributed by atoms with Crippen molar-refractivity contribution >= 4 is 48.0 Å². The van der Waals surface area contributed by atoms with Crippen molar-refractivity contribution in [1.29, 1.82) is 0 Å². The van der Waals surface area contributed by atoms with Crippen molar-refractivity contribution in [3.05, 3.63) is 29.3 Å². The van der Waals surface area contributed by atoms with Crippen molar-refractivity contribution in [3.8, 4) is 0 Å². The molecule has 8 heteroatoms. The minimum Gasteiger partial charge on any atom is -0.368 e. The van der Waals surface area contributed by atoms with E-state index in [9.17, 15) is 4.79 Å². The van der Waals surface area contributed by atoms with Crippen LogP contribution >= 0.6 is 36.4 Å². The largest absolute Gasteiger partial charge is 0.368 e. The molecule has 2 fully saturated rings. The van der Waals surface area contributed by atoms with E-state index >= 15 is 0 Å². The van der Waals surface area contributed by atoms with Crippen molar-refractivity contribution in [2.45, 2.75) is 6.42 Å². The van der Waals surface area contributed by atoms with Crippen molar-refractivity contribution in [2.75, 3.05) is 63.8 Å². The molecule has 0 saturated carbocycles. The number of piperazine rings is 1. The van der Waals surface area contributed by atoms with Gasteiger partial charge >= 0.3 is 0 Å². The lowest BCUT2D eigenvalue weighted by Crippen LogP contribution is -2.51. The molecular formula is C17H27Cl3N4O. The van der Waals surface area contributed by atoms with Crippen LogP contribution < -0.4 is 10.2 Å². The lowest BCUT2D eigenvalue weighted by atomic mass is 10.2. The van der Waals surface area contributed by atoms with Crippen LogP contribution in [0.3, 0.4) is 0 Å². The topological polar surface area (TPSA) is 38.8 Å². The number of halogens is 3. The minimum absolute atomic E-state index is 0. The quantitative estimate of drug-likeness (QED) is 0.830. The van der Waals surface area contributed by atoms with E-state index in [1.807, 2.05) is 23.1 Å². The highest BCUT2D eigenvalue weighted by atomic mass is 35.5. The molecule has 0 atom stereocenters. The van der Waals surface area contributed by atoms with Gasteiger partial charge in [-0.3, -0.25) is 9.69 Å². The molecule has 1 amide bonds. The fraction of sp³-hybridized carbons (Fsp3) is 0.588. The van der Waals surface area contributed by atoms with E-state index in [0.29, 0.717) is 6.54 Å². The summed E-state index contributed by atoms with van der Waals surface area (Å²) in [6.07, 6.45) is 1.12. The minimum atomic E-state index is 0. The Morgan fingerprint density at radius 3 is 2.52 bits per heavy atom. The number of anilines is 1. The second-order valence-electron chi connectivity index (χ2n) is 6.23. The lowest BCUT2D eigenvalue weighted by molar-refractivity contribution is -0.132. The van der Waals surface area contributed by atoms with Crippen LogP contribution in [0.25, 0.3) is 0 Å². The number of carbonyl (C=O) groups is 1. The average Bonchev–Trinajstić information content (AvgIpc) is 2.84. The van der Waals surface area contributed by atoms with Crippen LogP contribution in [0.15, 0.2) is 24.3 Å². The smallest absolute Gasteiger partial charge is 0.236 e. The molecule has 0 aromatic heterocycles. The summed E-state index contributed by atoms with van der Waals surface area (Å²) in [6, 6.07) is 7.93. The van der Waals surface area contributed by atoms with E-state index in [-0.39, 0.29) is 30.7 Å². The number of hydrogen-bond donors (Lipinski definition) is 1. The van der Waals surface area contributed by atoms with Gasteiger partial charge in [-0.15, -0.1) is 24.8 Å². The second kappa shape index (κ2) is 11.1. The first-order chi connectivity index (χ1) is 11.2. The van der Waals surface area contributed by atoms with Crippen LogP contribution in [0.5, 0.6) is 0 Å². The van der Waals surface area contributed by atoms with E-state index in [1.165, 1.54) is 0 Å². The summed E-state index contributed by atoms with van der Waals surface area (Å²) < 4.78 is 0. The Balaban J connectivity index is 0.00000156. The molecule has 1 aromatic rings. The molecule has 2 aliphatic rings. The normalized spacial score (nSPS) is 18.8. The van der Waals surface area contributed by atoms with Crippen LogP contribution in [-0.4, -0.2) is 74.6 Å². The first kappa shape index (κ1) is 22.3. The number of amides is 1. The van der Waals surface area contributed by atoms with Gasteiger partial charge in [0.15, 0.2) is 0 Å². The second-order valence-corrected chi connectivity index (χ2v) is 6.66. The Labute approximate surface area is 167 Å². The van der Waals surface area contributed by atoms with Gasteiger partial charge in [-0.25, -0.2) is 0 Å². The first-order valence-corrected chi connectivity index (χ1v) is 8.81. The van der Waals surface area contributed by atoms with Crippen LogP contribution in [0.2, 0.25) is 5.02 Å². The zero-order valence-electron chi connectivity index (χ0n) is 14.3. The highest BCUT2D eigenvalue weighted by Crippen LogP contribution is 2.20. The summed E-state index contributed by atoms with van der Waals surface area (Å²) in [5.41, 5.74) is 1.14. The van der Waals surface area contributed by atoms with E-state index in [2.05, 4.69) is 21.2 Å². The van der Waals surface area contributed by atoms with Crippen LogP contribution in [0, 0.1) is 0 Å². The highest BCUT2D eigenvalue weighted by molar-refractivity contribution is 6.30. The van der Waals surface area contributed by atoms with Crippen molar-refractivity contribution in [1.82, 2.24) is 15.1 Å². The Bertz CT molecular complexity index is 530. The maximum atomic E-state index is 12.5. The van der Waals surface area contributed by atoms with Gasteiger partial charge in [0.25, 0.3) is 0 Å². The molecule has 1 N–H and O–H groups in total. The van der Waals surface area contributed by atoms with Crippen molar-refractivity contribution in [2.24, 2.45) is 0 Å². The van der Waals surface area contributed by atoms with E-state index < -0.39 is 0 Å². The van der Waals surface area contributed by atoms with Gasteiger partial charge in [-0.1, -0.05) is 17.7 Å². The molecule has 25 heavy (non-hydrogen) atoms. The standard InChI is InChI=1S/C17H25ClN4O.2ClH/c18-15-3-1-4-16(13-15)21-9-11-22(12-10-21)17(23)14-20-7-2-5-19-6-8-20;;/h1,3-4,13,19H,2,5-12,14H2;2*1H. The maximum absolute atomic E-state index is 12.5. The fourth-order valence-electron chi connectivity index (χ4n) is 3.24. The van der Waals surface area contributed by atoms with Crippen LogP contribution in [0.4, 0.5) is 5.69 Å². The summed E-state index contributed by atoms with van der Waals surface area (Å²) in [4.78, 5) is 19.1. The summed E-state index contributed by atoms with van der Waals surface area (Å²) in [7, 11) is 0. The molecule has 0 bridgehead atoms. The highest BCUT2D eigenvalue weighted by Gasteiger charge is 2.23. The number of benzene rings is 1. The van der Waals surface area contributed by atoms with Crippen molar-refractivity contribution in [3.63, 3.8) is 0 Å². The third kappa shape index (κ3) is 6.50. The zero-order valence-corrected chi connectivity index (χ0v) is 16.7. The van der Waals surface area contributed by atoms with Gasteiger partial charge in [0.05, 0.1) is 6.54 Å². The molecule has 2 heterocycles. The van der Waals surface area contributed by atoms with Crippen LogP contribution in [0.1, 0.15) is 6.42 Å². The number of carbonyl (C=O) groups excluding carboxylic acids is 1. The molecule has 1 aromatic carbocycles. The zero-order chi connectivity index (χ0) is 16.1. The summed E-state index contributed by atoms with van der Waals surface area (Å²) in [5, 5.41) is 4.13. The fourth-order valence-corrected chi connectivity index (χ4v) is 3.42. The average molecular weight is 410 g/mol. The van der Waals surface area contributed by atoms with Crippen molar-refractivity contribution < 1.29 is 4.79 Å². The summed E-state index contributed by atoms with van der Waals surface area (Å²) in [5.74, 6) is 0.262. The predicted molar refractivity (Wildman–Crippen MR) is 109 cm³/mol. The van der Waals surface area contributed by atoms with Gasteiger partial charge in [0.1, 0.15) is 0 Å². The van der Waals surface area contributed by atoms with Crippen LogP contribution in [-0.2, 0) is 4.79 Å².